The number of carbonyl (C=O) groups excluding carboxylic acids is 1. The summed E-state index contributed by atoms with van der Waals surface area (Å²) in [5, 5.41) is 13.8. The maximum absolute atomic E-state index is 11.7. The maximum atomic E-state index is 11.7. The molecule has 2 rings (SSSR count). The highest BCUT2D eigenvalue weighted by Gasteiger charge is 2.14. The topological polar surface area (TPSA) is 71.8 Å². The van der Waals surface area contributed by atoms with Gasteiger partial charge in [0.1, 0.15) is 0 Å². The van der Waals surface area contributed by atoms with Crippen LogP contribution in [0.25, 0.3) is 0 Å². The molecule has 1 heterocycles. The fourth-order valence-electron chi connectivity index (χ4n) is 2.27. The van der Waals surface area contributed by atoms with Gasteiger partial charge in [-0.2, -0.15) is 0 Å². The molecule has 1 fully saturated rings. The fourth-order valence-corrected chi connectivity index (χ4v) is 2.27. The van der Waals surface area contributed by atoms with Crippen molar-refractivity contribution < 1.29 is 4.79 Å². The van der Waals surface area contributed by atoms with Crippen LogP contribution in [0.1, 0.15) is 32.1 Å². The third kappa shape index (κ3) is 4.44. The third-order valence-electron chi connectivity index (χ3n) is 3.25. The van der Waals surface area contributed by atoms with Crippen LogP contribution in [0.3, 0.4) is 0 Å². The van der Waals surface area contributed by atoms with Crippen LogP contribution in [-0.2, 0) is 11.3 Å². The van der Waals surface area contributed by atoms with Gasteiger partial charge in [-0.1, -0.05) is 24.5 Å². The minimum absolute atomic E-state index is 0.0977. The summed E-state index contributed by atoms with van der Waals surface area (Å²) in [4.78, 5) is 11.7. The van der Waals surface area contributed by atoms with Gasteiger partial charge in [0.25, 0.3) is 0 Å². The second kappa shape index (κ2) is 7.10. The van der Waals surface area contributed by atoms with Crippen LogP contribution in [0.2, 0.25) is 0 Å². The Hall–Kier alpha value is -1.43. The molecule has 6 heteroatoms. The van der Waals surface area contributed by atoms with Crippen molar-refractivity contribution in [2.45, 2.75) is 44.7 Å². The van der Waals surface area contributed by atoms with E-state index >= 15 is 0 Å². The lowest BCUT2D eigenvalue weighted by Gasteiger charge is -2.22. The van der Waals surface area contributed by atoms with Crippen LogP contribution in [0, 0.1) is 0 Å². The lowest BCUT2D eigenvalue weighted by molar-refractivity contribution is -0.121. The Bertz CT molecular complexity index is 345. The molecule has 0 radical (unpaired) electrons. The maximum Gasteiger partial charge on any atom is 0.234 e. The van der Waals surface area contributed by atoms with Gasteiger partial charge in [-0.05, 0) is 12.8 Å². The van der Waals surface area contributed by atoms with Gasteiger partial charge >= 0.3 is 0 Å². The molecular formula is C12H21N5O. The van der Waals surface area contributed by atoms with Gasteiger partial charge in [0, 0.05) is 18.8 Å². The highest BCUT2D eigenvalue weighted by molar-refractivity contribution is 5.78. The first kappa shape index (κ1) is 13.0. The molecule has 0 spiro atoms. The monoisotopic (exact) mass is 251 g/mol. The minimum atomic E-state index is 0.0977. The predicted octanol–water partition coefficient (Wildman–Crippen LogP) is 0.317. The molecule has 0 atom stereocenters. The van der Waals surface area contributed by atoms with Crippen LogP contribution in [-0.4, -0.2) is 40.0 Å². The summed E-state index contributed by atoms with van der Waals surface area (Å²) < 4.78 is 1.74. The Morgan fingerprint density at radius 3 is 2.89 bits per heavy atom. The number of carbonyl (C=O) groups is 1. The number of amides is 1. The average molecular weight is 251 g/mol. The van der Waals surface area contributed by atoms with E-state index in [4.69, 9.17) is 0 Å². The molecule has 1 amide bonds. The summed E-state index contributed by atoms with van der Waals surface area (Å²) in [6.07, 6.45) is 9.51. The summed E-state index contributed by atoms with van der Waals surface area (Å²) in [5.74, 6) is 0.0977. The van der Waals surface area contributed by atoms with Gasteiger partial charge < -0.3 is 10.6 Å². The normalized spacial score (nSPS) is 16.7. The quantitative estimate of drug-likeness (QED) is 0.714. The Balaban J connectivity index is 1.54. The zero-order valence-electron chi connectivity index (χ0n) is 10.6. The largest absolute Gasteiger partial charge is 0.352 e. The first-order chi connectivity index (χ1) is 8.84. The fraction of sp³-hybridized carbons (Fsp3) is 0.750. The van der Waals surface area contributed by atoms with Crippen LogP contribution in [0.5, 0.6) is 0 Å². The summed E-state index contributed by atoms with van der Waals surface area (Å²) >= 11 is 0. The first-order valence-electron chi connectivity index (χ1n) is 6.69. The molecule has 0 bridgehead atoms. The van der Waals surface area contributed by atoms with E-state index in [0.29, 0.717) is 12.6 Å². The highest BCUT2D eigenvalue weighted by Crippen LogP contribution is 2.16. The van der Waals surface area contributed by atoms with E-state index in [9.17, 15) is 4.79 Å². The van der Waals surface area contributed by atoms with E-state index in [1.165, 1.54) is 19.3 Å². The Morgan fingerprint density at radius 2 is 2.17 bits per heavy atom. The Kier molecular flexibility index (Phi) is 5.14. The van der Waals surface area contributed by atoms with Crippen molar-refractivity contribution >= 4 is 5.91 Å². The van der Waals surface area contributed by atoms with Gasteiger partial charge in [0.15, 0.2) is 0 Å². The predicted molar refractivity (Wildman–Crippen MR) is 67.9 cm³/mol. The van der Waals surface area contributed by atoms with E-state index in [-0.39, 0.29) is 5.91 Å². The number of rotatable bonds is 6. The minimum Gasteiger partial charge on any atom is -0.352 e. The van der Waals surface area contributed by atoms with E-state index in [1.807, 2.05) is 6.20 Å². The second-order valence-corrected chi connectivity index (χ2v) is 4.75. The van der Waals surface area contributed by atoms with Crippen LogP contribution in [0.4, 0.5) is 0 Å². The molecule has 1 aromatic heterocycles. The van der Waals surface area contributed by atoms with Crippen LogP contribution < -0.4 is 10.6 Å². The molecule has 2 N–H and O–H groups in total. The second-order valence-electron chi connectivity index (χ2n) is 4.75. The van der Waals surface area contributed by atoms with E-state index in [0.717, 1.165) is 25.9 Å². The molecule has 1 aliphatic rings. The van der Waals surface area contributed by atoms with Crippen molar-refractivity contribution in [1.29, 1.82) is 0 Å². The summed E-state index contributed by atoms with van der Waals surface area (Å²) in [6, 6.07) is 0.392. The summed E-state index contributed by atoms with van der Waals surface area (Å²) in [6.45, 7) is 1.84. The van der Waals surface area contributed by atoms with E-state index in [2.05, 4.69) is 20.9 Å². The molecular weight excluding hydrogens is 230 g/mol. The SMILES string of the molecule is O=C(CNCCn1ccnn1)NC1CCCCC1. The molecule has 0 unspecified atom stereocenters. The molecule has 0 aliphatic heterocycles. The van der Waals surface area contributed by atoms with E-state index < -0.39 is 0 Å². The smallest absolute Gasteiger partial charge is 0.234 e. The Labute approximate surface area is 107 Å². The molecule has 100 valence electrons. The van der Waals surface area contributed by atoms with E-state index in [1.54, 1.807) is 10.9 Å². The molecule has 1 saturated carbocycles. The van der Waals surface area contributed by atoms with Gasteiger partial charge in [-0.15, -0.1) is 5.10 Å². The molecule has 0 aromatic carbocycles. The van der Waals surface area contributed by atoms with Crippen molar-refractivity contribution in [2.75, 3.05) is 13.1 Å². The third-order valence-corrected chi connectivity index (χ3v) is 3.25. The number of hydrogen-bond acceptors (Lipinski definition) is 4. The first-order valence-corrected chi connectivity index (χ1v) is 6.69. The lowest BCUT2D eigenvalue weighted by atomic mass is 9.95. The van der Waals surface area contributed by atoms with Crippen LogP contribution >= 0.6 is 0 Å². The number of nitrogens with zero attached hydrogens (tertiary/aromatic N) is 3. The standard InChI is InChI=1S/C12H21N5O/c18-12(15-11-4-2-1-3-5-11)10-13-6-8-17-9-7-14-16-17/h7,9,11,13H,1-6,8,10H2,(H,15,18). The van der Waals surface area contributed by atoms with Crippen molar-refractivity contribution in [3.63, 3.8) is 0 Å². The summed E-state index contributed by atoms with van der Waals surface area (Å²) in [5.41, 5.74) is 0. The van der Waals surface area contributed by atoms with Gasteiger partial charge in [-0.25, -0.2) is 0 Å². The van der Waals surface area contributed by atoms with Crippen molar-refractivity contribution in [3.05, 3.63) is 12.4 Å². The summed E-state index contributed by atoms with van der Waals surface area (Å²) in [7, 11) is 0. The molecule has 18 heavy (non-hydrogen) atoms. The molecule has 1 aromatic rings. The molecule has 6 nitrogen and oxygen atoms in total. The van der Waals surface area contributed by atoms with Crippen molar-refractivity contribution in [2.24, 2.45) is 0 Å². The lowest BCUT2D eigenvalue weighted by Crippen LogP contribution is -2.41. The highest BCUT2D eigenvalue weighted by atomic mass is 16.1. The number of aromatic nitrogens is 3. The van der Waals surface area contributed by atoms with Gasteiger partial charge in [0.05, 0.1) is 19.3 Å². The van der Waals surface area contributed by atoms with Gasteiger partial charge in [-0.3, -0.25) is 9.48 Å². The average Bonchev–Trinajstić information content (AvgIpc) is 2.89. The number of hydrogen-bond donors (Lipinski definition) is 2. The number of nitrogens with one attached hydrogen (secondary N) is 2. The van der Waals surface area contributed by atoms with Gasteiger partial charge in [0.2, 0.25) is 5.91 Å². The molecule has 0 saturated heterocycles. The molecule has 1 aliphatic carbocycles. The zero-order valence-corrected chi connectivity index (χ0v) is 10.6. The zero-order chi connectivity index (χ0) is 12.6. The van der Waals surface area contributed by atoms with Crippen molar-refractivity contribution in [1.82, 2.24) is 25.6 Å². The van der Waals surface area contributed by atoms with Crippen LogP contribution in [0.15, 0.2) is 12.4 Å². The van der Waals surface area contributed by atoms with Crippen molar-refractivity contribution in [3.8, 4) is 0 Å². The Morgan fingerprint density at radius 1 is 1.33 bits per heavy atom.